The molecule has 0 amide bonds. The lowest BCUT2D eigenvalue weighted by molar-refractivity contribution is 0.122. The van der Waals surface area contributed by atoms with Crippen molar-refractivity contribution in [1.82, 2.24) is 4.90 Å². The molecular weight excluding hydrogens is 442 g/mol. The maximum atomic E-state index is 5.62. The van der Waals surface area contributed by atoms with Gasteiger partial charge in [-0.3, -0.25) is 4.90 Å². The highest BCUT2D eigenvalue weighted by Gasteiger charge is 2.32. The van der Waals surface area contributed by atoms with Crippen LogP contribution in [0.5, 0.6) is 0 Å². The summed E-state index contributed by atoms with van der Waals surface area (Å²) in [5, 5.41) is 0. The second kappa shape index (κ2) is 12.3. The molecule has 194 valence electrons. The summed E-state index contributed by atoms with van der Waals surface area (Å²) in [6.45, 7) is 21.7. The van der Waals surface area contributed by atoms with Crippen LogP contribution in [0.2, 0.25) is 0 Å². The Morgan fingerprint density at radius 2 is 1.53 bits per heavy atom. The van der Waals surface area contributed by atoms with Crippen LogP contribution in [0.3, 0.4) is 0 Å². The van der Waals surface area contributed by atoms with Gasteiger partial charge in [-0.2, -0.15) is 0 Å². The molecule has 1 aromatic rings. The van der Waals surface area contributed by atoms with Crippen LogP contribution in [0.25, 0.3) is 0 Å². The van der Waals surface area contributed by atoms with Crippen LogP contribution in [0, 0.1) is 17.3 Å². The van der Waals surface area contributed by atoms with Crippen LogP contribution in [-0.4, -0.2) is 63.9 Å². The van der Waals surface area contributed by atoms with Gasteiger partial charge in [0.15, 0.2) is 0 Å². The summed E-state index contributed by atoms with van der Waals surface area (Å²) in [4.78, 5) is 7.90. The Morgan fingerprint density at radius 3 is 2.12 bits per heavy atom. The summed E-state index contributed by atoms with van der Waals surface area (Å²) in [7, 11) is 0. The number of halogens is 1. The van der Waals surface area contributed by atoms with Gasteiger partial charge in [0, 0.05) is 50.6 Å². The molecule has 5 heteroatoms. The summed E-state index contributed by atoms with van der Waals surface area (Å²) < 4.78 is 5.62. The second-order valence-electron chi connectivity index (χ2n) is 12.3. The number of piperazine rings is 1. The highest BCUT2D eigenvalue weighted by molar-refractivity contribution is 5.85. The van der Waals surface area contributed by atoms with E-state index in [0.717, 1.165) is 38.1 Å². The number of nitrogens with zero attached hydrogens (tertiary/aromatic N) is 3. The van der Waals surface area contributed by atoms with E-state index in [0.29, 0.717) is 11.3 Å². The van der Waals surface area contributed by atoms with E-state index in [1.165, 1.54) is 76.2 Å². The van der Waals surface area contributed by atoms with Gasteiger partial charge >= 0.3 is 0 Å². The first kappa shape index (κ1) is 27.6. The van der Waals surface area contributed by atoms with Crippen LogP contribution in [-0.2, 0) is 4.74 Å². The van der Waals surface area contributed by atoms with Crippen molar-refractivity contribution in [3.8, 4) is 0 Å². The molecule has 1 aromatic carbocycles. The molecule has 0 atom stereocenters. The summed E-state index contributed by atoms with van der Waals surface area (Å²) in [6, 6.07) is 7.41. The molecule has 4 nitrogen and oxygen atoms in total. The minimum absolute atomic E-state index is 0. The van der Waals surface area contributed by atoms with Crippen molar-refractivity contribution >= 4 is 23.8 Å². The van der Waals surface area contributed by atoms with Crippen molar-refractivity contribution in [1.29, 1.82) is 0 Å². The van der Waals surface area contributed by atoms with E-state index in [2.05, 4.69) is 67.5 Å². The summed E-state index contributed by atoms with van der Waals surface area (Å²) in [5.74, 6) is 2.37. The van der Waals surface area contributed by atoms with Crippen molar-refractivity contribution in [3.05, 3.63) is 23.8 Å². The zero-order valence-electron chi connectivity index (χ0n) is 22.5. The maximum absolute atomic E-state index is 5.62. The van der Waals surface area contributed by atoms with Gasteiger partial charge in [-0.1, -0.05) is 34.6 Å². The Kier molecular flexibility index (Phi) is 10.0. The van der Waals surface area contributed by atoms with Crippen LogP contribution in [0.4, 0.5) is 11.4 Å². The van der Waals surface area contributed by atoms with Crippen molar-refractivity contribution < 1.29 is 4.74 Å². The molecule has 1 saturated carbocycles. The van der Waals surface area contributed by atoms with Gasteiger partial charge in [-0.15, -0.1) is 12.4 Å². The number of hydrogen-bond acceptors (Lipinski definition) is 4. The average molecular weight is 492 g/mol. The largest absolute Gasteiger partial charge is 0.378 e. The molecule has 0 unspecified atom stereocenters. The first-order valence-corrected chi connectivity index (χ1v) is 13.7. The Balaban J connectivity index is 0.00000324. The summed E-state index contributed by atoms with van der Waals surface area (Å²) in [6.07, 6.45) is 6.75. The van der Waals surface area contributed by atoms with Crippen molar-refractivity contribution in [2.24, 2.45) is 17.3 Å². The van der Waals surface area contributed by atoms with Gasteiger partial charge in [0.2, 0.25) is 0 Å². The zero-order chi connectivity index (χ0) is 23.4. The molecule has 1 aliphatic carbocycles. The van der Waals surface area contributed by atoms with Crippen LogP contribution >= 0.6 is 12.4 Å². The number of morpholine rings is 1. The molecule has 2 aliphatic heterocycles. The minimum atomic E-state index is 0. The van der Waals surface area contributed by atoms with Gasteiger partial charge in [-0.25, -0.2) is 0 Å². The third-order valence-electron chi connectivity index (χ3n) is 8.51. The van der Waals surface area contributed by atoms with Gasteiger partial charge in [0.25, 0.3) is 0 Å². The number of rotatable bonds is 6. The van der Waals surface area contributed by atoms with E-state index in [1.807, 2.05) is 0 Å². The second-order valence-corrected chi connectivity index (χ2v) is 12.3. The molecule has 0 N–H and O–H groups in total. The van der Waals surface area contributed by atoms with Gasteiger partial charge < -0.3 is 14.5 Å². The summed E-state index contributed by atoms with van der Waals surface area (Å²) in [5.41, 5.74) is 5.00. The third-order valence-corrected chi connectivity index (χ3v) is 8.51. The number of ether oxygens (including phenoxy) is 1. The lowest BCUT2D eigenvalue weighted by atomic mass is 9.68. The first-order valence-electron chi connectivity index (χ1n) is 13.7. The Bertz CT molecular complexity index is 740. The lowest BCUT2D eigenvalue weighted by Crippen LogP contribution is -2.47. The van der Waals surface area contributed by atoms with E-state index in [1.54, 1.807) is 5.56 Å². The Morgan fingerprint density at radius 1 is 0.882 bits per heavy atom. The highest BCUT2D eigenvalue weighted by Crippen LogP contribution is 2.46. The summed E-state index contributed by atoms with van der Waals surface area (Å²) >= 11 is 0. The quantitative estimate of drug-likeness (QED) is 0.456. The van der Waals surface area contributed by atoms with Crippen molar-refractivity contribution in [3.63, 3.8) is 0 Å². The molecular formula is C29H50ClN3O. The van der Waals surface area contributed by atoms with E-state index < -0.39 is 0 Å². The topological polar surface area (TPSA) is 19.0 Å². The molecule has 3 aliphatic rings. The SMILES string of the molecule is CC(C)CCN1CCN(c2ccc(N3CCOCC3)cc2C2CCC(C(C)(C)C)CC2)CC1.Cl. The van der Waals surface area contributed by atoms with Crippen LogP contribution in [0.1, 0.15) is 78.2 Å². The number of hydrogen-bond donors (Lipinski definition) is 0. The monoisotopic (exact) mass is 491 g/mol. The fourth-order valence-corrected chi connectivity index (χ4v) is 6.10. The highest BCUT2D eigenvalue weighted by atomic mass is 35.5. The molecule has 3 fully saturated rings. The van der Waals surface area contributed by atoms with E-state index in [4.69, 9.17) is 4.74 Å². The average Bonchev–Trinajstić information content (AvgIpc) is 2.83. The van der Waals surface area contributed by atoms with E-state index in [-0.39, 0.29) is 12.4 Å². The minimum Gasteiger partial charge on any atom is -0.378 e. The molecule has 0 spiro atoms. The Hall–Kier alpha value is -0.970. The predicted octanol–water partition coefficient (Wildman–Crippen LogP) is 6.43. The fourth-order valence-electron chi connectivity index (χ4n) is 6.10. The normalized spacial score (nSPS) is 24.9. The third kappa shape index (κ3) is 7.04. The number of benzene rings is 1. The van der Waals surface area contributed by atoms with E-state index in [9.17, 15) is 0 Å². The Labute approximate surface area is 215 Å². The molecule has 0 radical (unpaired) electrons. The van der Waals surface area contributed by atoms with E-state index >= 15 is 0 Å². The smallest absolute Gasteiger partial charge is 0.0642 e. The lowest BCUT2D eigenvalue weighted by Gasteiger charge is -2.41. The zero-order valence-corrected chi connectivity index (χ0v) is 23.3. The number of anilines is 2. The molecule has 4 rings (SSSR count). The predicted molar refractivity (Wildman–Crippen MR) is 149 cm³/mol. The maximum Gasteiger partial charge on any atom is 0.0642 e. The van der Waals surface area contributed by atoms with Gasteiger partial charge in [-0.05, 0) is 85.6 Å². The van der Waals surface area contributed by atoms with Crippen LogP contribution < -0.4 is 9.80 Å². The van der Waals surface area contributed by atoms with Gasteiger partial charge in [0.1, 0.15) is 0 Å². The van der Waals surface area contributed by atoms with Crippen molar-refractivity contribution in [2.45, 2.75) is 72.6 Å². The fraction of sp³-hybridized carbons (Fsp3) is 0.793. The molecule has 0 aromatic heterocycles. The first-order chi connectivity index (χ1) is 15.8. The molecule has 34 heavy (non-hydrogen) atoms. The van der Waals surface area contributed by atoms with Gasteiger partial charge in [0.05, 0.1) is 13.2 Å². The standard InChI is InChI=1S/C29H49N3O.ClH/c1-23(2)12-13-30-14-16-32(17-15-30)28-11-10-26(31-18-20-33-21-19-31)22-27(28)24-6-8-25(9-7-24)29(3,4)5;/h10-11,22-25H,6-9,12-21H2,1-5H3;1H. The molecule has 0 bridgehead atoms. The van der Waals surface area contributed by atoms with Crippen molar-refractivity contribution in [2.75, 3.05) is 68.8 Å². The molecule has 2 heterocycles. The molecule has 2 saturated heterocycles. The van der Waals surface area contributed by atoms with Crippen LogP contribution in [0.15, 0.2) is 18.2 Å².